The summed E-state index contributed by atoms with van der Waals surface area (Å²) >= 11 is 0. The number of aromatic nitrogens is 2. The second-order valence-corrected chi connectivity index (χ2v) is 6.62. The zero-order valence-corrected chi connectivity index (χ0v) is 13.0. The summed E-state index contributed by atoms with van der Waals surface area (Å²) in [5.41, 5.74) is 0.988. The number of rotatable bonds is 3. The van der Waals surface area contributed by atoms with Gasteiger partial charge in [-0.2, -0.15) is 0 Å². The summed E-state index contributed by atoms with van der Waals surface area (Å²) in [6.07, 6.45) is 1.64. The Balaban J connectivity index is 1.81. The van der Waals surface area contributed by atoms with Crippen LogP contribution in [0.25, 0.3) is 11.0 Å². The molecule has 22 heavy (non-hydrogen) atoms. The lowest BCUT2D eigenvalue weighted by Crippen LogP contribution is -2.32. The molecule has 5 nitrogen and oxygen atoms in total. The van der Waals surface area contributed by atoms with E-state index in [4.69, 9.17) is 4.74 Å². The molecule has 1 saturated carbocycles. The van der Waals surface area contributed by atoms with E-state index in [1.165, 1.54) is 12.1 Å². The number of ether oxygens (including phenoxy) is 1. The summed E-state index contributed by atoms with van der Waals surface area (Å²) in [5, 5.41) is 2.72. The molecule has 0 unspecified atom stereocenters. The summed E-state index contributed by atoms with van der Waals surface area (Å²) in [7, 11) is 0. The van der Waals surface area contributed by atoms with Crippen LogP contribution in [-0.2, 0) is 11.3 Å². The van der Waals surface area contributed by atoms with E-state index < -0.39 is 11.7 Å². The van der Waals surface area contributed by atoms with Crippen LogP contribution in [0.15, 0.2) is 18.2 Å². The number of imidazole rings is 1. The van der Waals surface area contributed by atoms with Gasteiger partial charge in [0.15, 0.2) is 0 Å². The maximum absolute atomic E-state index is 13.5. The van der Waals surface area contributed by atoms with Crippen molar-refractivity contribution in [2.45, 2.75) is 51.8 Å². The lowest BCUT2D eigenvalue weighted by atomic mass is 10.2. The third-order valence-corrected chi connectivity index (χ3v) is 3.43. The van der Waals surface area contributed by atoms with Crippen molar-refractivity contribution in [1.82, 2.24) is 14.9 Å². The molecule has 0 spiro atoms. The molecule has 0 saturated heterocycles. The molecule has 1 heterocycles. The molecule has 1 aromatic carbocycles. The van der Waals surface area contributed by atoms with E-state index in [0.717, 1.165) is 29.7 Å². The van der Waals surface area contributed by atoms with Crippen molar-refractivity contribution in [1.29, 1.82) is 0 Å². The minimum Gasteiger partial charge on any atom is -0.444 e. The van der Waals surface area contributed by atoms with Crippen LogP contribution in [0.4, 0.5) is 9.18 Å². The molecule has 1 fully saturated rings. The van der Waals surface area contributed by atoms with Crippen molar-refractivity contribution in [3.05, 3.63) is 29.8 Å². The van der Waals surface area contributed by atoms with Crippen LogP contribution >= 0.6 is 0 Å². The molecule has 0 atom stereocenters. The van der Waals surface area contributed by atoms with Gasteiger partial charge in [-0.3, -0.25) is 0 Å². The maximum atomic E-state index is 13.5. The fourth-order valence-corrected chi connectivity index (χ4v) is 2.45. The van der Waals surface area contributed by atoms with Crippen LogP contribution in [0.5, 0.6) is 0 Å². The van der Waals surface area contributed by atoms with Crippen LogP contribution in [0.1, 0.15) is 45.5 Å². The molecule has 0 aliphatic heterocycles. The fraction of sp³-hybridized carbons (Fsp3) is 0.500. The molecule has 3 rings (SSSR count). The number of carbonyl (C=O) groups is 1. The molecule has 0 bridgehead atoms. The third kappa shape index (κ3) is 3.21. The fourth-order valence-electron chi connectivity index (χ4n) is 2.45. The predicted molar refractivity (Wildman–Crippen MR) is 81.0 cm³/mol. The van der Waals surface area contributed by atoms with Gasteiger partial charge in [-0.25, -0.2) is 14.2 Å². The SMILES string of the molecule is CC(C)(C)OC(=O)NCc1nc2ccc(F)cc2n1C1CC1. The minimum atomic E-state index is -0.538. The van der Waals surface area contributed by atoms with Gasteiger partial charge >= 0.3 is 6.09 Å². The van der Waals surface area contributed by atoms with Crippen molar-refractivity contribution in [2.24, 2.45) is 0 Å². The number of alkyl carbamates (subject to hydrolysis) is 1. The average molecular weight is 305 g/mol. The monoisotopic (exact) mass is 305 g/mol. The van der Waals surface area contributed by atoms with Gasteiger partial charge in [-0.15, -0.1) is 0 Å². The van der Waals surface area contributed by atoms with E-state index in [9.17, 15) is 9.18 Å². The van der Waals surface area contributed by atoms with Gasteiger partial charge in [-0.05, 0) is 51.8 Å². The summed E-state index contributed by atoms with van der Waals surface area (Å²) in [6, 6.07) is 4.91. The second-order valence-electron chi connectivity index (χ2n) is 6.62. The maximum Gasteiger partial charge on any atom is 0.408 e. The van der Waals surface area contributed by atoms with E-state index in [1.54, 1.807) is 6.07 Å². The molecule has 0 radical (unpaired) electrons. The van der Waals surface area contributed by atoms with Gasteiger partial charge in [-0.1, -0.05) is 0 Å². The van der Waals surface area contributed by atoms with Crippen LogP contribution in [0.3, 0.4) is 0 Å². The lowest BCUT2D eigenvalue weighted by Gasteiger charge is -2.19. The topological polar surface area (TPSA) is 56.1 Å². The van der Waals surface area contributed by atoms with Crippen LogP contribution < -0.4 is 5.32 Å². The van der Waals surface area contributed by atoms with E-state index in [1.807, 2.05) is 25.3 Å². The number of hydrogen-bond donors (Lipinski definition) is 1. The number of nitrogens with one attached hydrogen (secondary N) is 1. The first kappa shape index (κ1) is 14.8. The zero-order chi connectivity index (χ0) is 15.9. The van der Waals surface area contributed by atoms with Crippen molar-refractivity contribution >= 4 is 17.1 Å². The van der Waals surface area contributed by atoms with Crippen LogP contribution in [0, 0.1) is 5.82 Å². The Morgan fingerprint density at radius 2 is 2.18 bits per heavy atom. The smallest absolute Gasteiger partial charge is 0.408 e. The average Bonchev–Trinajstić information content (AvgIpc) is 3.16. The standard InChI is InChI=1S/C16H20FN3O2/c1-16(2,3)22-15(21)18-9-14-19-12-7-4-10(17)8-13(12)20(14)11-5-6-11/h4,7-8,11H,5-6,9H2,1-3H3,(H,18,21). The third-order valence-electron chi connectivity index (χ3n) is 3.43. The highest BCUT2D eigenvalue weighted by Crippen LogP contribution is 2.38. The molecular formula is C16H20FN3O2. The van der Waals surface area contributed by atoms with Gasteiger partial charge in [0.05, 0.1) is 17.6 Å². The molecule has 2 aromatic rings. The molecular weight excluding hydrogens is 285 g/mol. The number of amides is 1. The van der Waals surface area contributed by atoms with Crippen LogP contribution in [-0.4, -0.2) is 21.2 Å². The number of fused-ring (bicyclic) bond motifs is 1. The van der Waals surface area contributed by atoms with E-state index in [0.29, 0.717) is 6.04 Å². The van der Waals surface area contributed by atoms with E-state index >= 15 is 0 Å². The predicted octanol–water partition coefficient (Wildman–Crippen LogP) is 3.54. The second kappa shape index (κ2) is 5.26. The Morgan fingerprint density at radius 3 is 2.82 bits per heavy atom. The Hall–Kier alpha value is -2.11. The molecule has 1 amide bonds. The Morgan fingerprint density at radius 1 is 1.45 bits per heavy atom. The number of carbonyl (C=O) groups excluding carboxylic acids is 1. The van der Waals surface area contributed by atoms with E-state index in [2.05, 4.69) is 10.3 Å². The normalized spacial score (nSPS) is 15.1. The van der Waals surface area contributed by atoms with Gasteiger partial charge in [0, 0.05) is 6.04 Å². The number of benzene rings is 1. The van der Waals surface area contributed by atoms with Gasteiger partial charge in [0.25, 0.3) is 0 Å². The largest absolute Gasteiger partial charge is 0.444 e. The highest BCUT2D eigenvalue weighted by molar-refractivity contribution is 5.76. The summed E-state index contributed by atoms with van der Waals surface area (Å²) in [4.78, 5) is 16.3. The van der Waals surface area contributed by atoms with Crippen molar-refractivity contribution in [3.63, 3.8) is 0 Å². The van der Waals surface area contributed by atoms with Crippen molar-refractivity contribution in [2.75, 3.05) is 0 Å². The highest BCUT2D eigenvalue weighted by atomic mass is 19.1. The molecule has 1 aliphatic carbocycles. The number of halogens is 1. The summed E-state index contributed by atoms with van der Waals surface area (Å²) < 4.78 is 20.7. The lowest BCUT2D eigenvalue weighted by molar-refractivity contribution is 0.0521. The van der Waals surface area contributed by atoms with Gasteiger partial charge in [0.2, 0.25) is 0 Å². The van der Waals surface area contributed by atoms with Gasteiger partial charge in [0.1, 0.15) is 17.2 Å². The van der Waals surface area contributed by atoms with Crippen molar-refractivity contribution < 1.29 is 13.9 Å². The Bertz CT molecular complexity index is 714. The van der Waals surface area contributed by atoms with Crippen LogP contribution in [0.2, 0.25) is 0 Å². The molecule has 118 valence electrons. The first-order valence-electron chi connectivity index (χ1n) is 7.47. The molecule has 6 heteroatoms. The zero-order valence-electron chi connectivity index (χ0n) is 13.0. The molecule has 1 aliphatic rings. The minimum absolute atomic E-state index is 0.266. The highest BCUT2D eigenvalue weighted by Gasteiger charge is 2.28. The molecule has 1 N–H and O–H groups in total. The number of nitrogens with zero attached hydrogens (tertiary/aromatic N) is 2. The number of hydrogen-bond acceptors (Lipinski definition) is 3. The quantitative estimate of drug-likeness (QED) is 0.943. The summed E-state index contributed by atoms with van der Waals surface area (Å²) in [5.74, 6) is 0.454. The van der Waals surface area contributed by atoms with Gasteiger partial charge < -0.3 is 14.6 Å². The first-order valence-corrected chi connectivity index (χ1v) is 7.47. The Kier molecular flexibility index (Phi) is 3.54. The van der Waals surface area contributed by atoms with Crippen molar-refractivity contribution in [3.8, 4) is 0 Å². The summed E-state index contributed by atoms with van der Waals surface area (Å²) in [6.45, 7) is 5.71. The first-order chi connectivity index (χ1) is 10.3. The van der Waals surface area contributed by atoms with E-state index in [-0.39, 0.29) is 12.4 Å². The molecule has 1 aromatic heterocycles. The Labute approximate surface area is 128 Å².